The first-order valence-electron chi connectivity index (χ1n) is 11.1. The highest BCUT2D eigenvalue weighted by atomic mass is 32.2. The van der Waals surface area contributed by atoms with Crippen molar-refractivity contribution in [1.82, 2.24) is 14.5 Å². The predicted octanol–water partition coefficient (Wildman–Crippen LogP) is 2.53. The lowest BCUT2D eigenvalue weighted by Gasteiger charge is -2.31. The van der Waals surface area contributed by atoms with E-state index in [2.05, 4.69) is 5.32 Å². The van der Waals surface area contributed by atoms with E-state index in [4.69, 9.17) is 0 Å². The maximum absolute atomic E-state index is 12.9. The molecule has 170 valence electrons. The zero-order chi connectivity index (χ0) is 22.6. The summed E-state index contributed by atoms with van der Waals surface area (Å²) < 4.78 is 27.3. The second-order valence-corrected chi connectivity index (χ2v) is 10.4. The van der Waals surface area contributed by atoms with Crippen LogP contribution in [0.15, 0.2) is 59.5 Å². The Labute approximate surface area is 189 Å². The van der Waals surface area contributed by atoms with Gasteiger partial charge in [-0.1, -0.05) is 42.5 Å². The second kappa shape index (κ2) is 9.83. The molecule has 2 fully saturated rings. The van der Waals surface area contributed by atoms with Crippen LogP contribution in [0.25, 0.3) is 0 Å². The Bertz CT molecular complexity index is 1070. The van der Waals surface area contributed by atoms with E-state index < -0.39 is 10.0 Å². The lowest BCUT2D eigenvalue weighted by molar-refractivity contribution is -0.128. The summed E-state index contributed by atoms with van der Waals surface area (Å²) in [5, 5.41) is 2.99. The number of sulfonamides is 1. The fraction of sp³-hybridized carbons (Fsp3) is 0.417. The molecule has 4 rings (SSSR count). The third kappa shape index (κ3) is 5.02. The Morgan fingerprint density at radius 3 is 2.41 bits per heavy atom. The molecule has 0 radical (unpaired) electrons. The molecule has 2 saturated heterocycles. The first kappa shape index (κ1) is 22.5. The maximum Gasteiger partial charge on any atom is 0.243 e. The largest absolute Gasteiger partial charge is 0.352 e. The number of piperidine rings is 1. The monoisotopic (exact) mass is 455 g/mol. The van der Waals surface area contributed by atoms with E-state index in [9.17, 15) is 18.0 Å². The minimum atomic E-state index is -3.61. The highest BCUT2D eigenvalue weighted by Crippen LogP contribution is 2.24. The summed E-state index contributed by atoms with van der Waals surface area (Å²) in [5.41, 5.74) is 2.00. The molecule has 2 aliphatic rings. The van der Waals surface area contributed by atoms with E-state index in [1.807, 2.05) is 29.2 Å². The fourth-order valence-electron chi connectivity index (χ4n) is 4.40. The van der Waals surface area contributed by atoms with Crippen LogP contribution >= 0.6 is 0 Å². The van der Waals surface area contributed by atoms with Crippen molar-refractivity contribution in [1.29, 1.82) is 0 Å². The molecule has 8 heteroatoms. The molecule has 2 heterocycles. The van der Waals surface area contributed by atoms with Crippen molar-refractivity contribution in [2.75, 3.05) is 19.6 Å². The van der Waals surface area contributed by atoms with Gasteiger partial charge in [-0.2, -0.15) is 4.31 Å². The average Bonchev–Trinajstić information content (AvgIpc) is 3.23. The third-order valence-corrected chi connectivity index (χ3v) is 8.12. The predicted molar refractivity (Wildman–Crippen MR) is 121 cm³/mol. The number of carbonyl (C=O) groups is 2. The highest BCUT2D eigenvalue weighted by molar-refractivity contribution is 7.89. The van der Waals surface area contributed by atoms with Gasteiger partial charge in [0.2, 0.25) is 21.8 Å². The Kier molecular flexibility index (Phi) is 6.91. The molecule has 2 amide bonds. The van der Waals surface area contributed by atoms with Gasteiger partial charge in [-0.3, -0.25) is 9.59 Å². The van der Waals surface area contributed by atoms with Gasteiger partial charge in [0.25, 0.3) is 0 Å². The Morgan fingerprint density at radius 2 is 1.69 bits per heavy atom. The van der Waals surface area contributed by atoms with E-state index in [1.54, 1.807) is 30.3 Å². The summed E-state index contributed by atoms with van der Waals surface area (Å²) in [6.45, 7) is 2.30. The maximum atomic E-state index is 12.9. The Hall–Kier alpha value is -2.71. The zero-order valence-electron chi connectivity index (χ0n) is 18.1. The van der Waals surface area contributed by atoms with Crippen molar-refractivity contribution >= 4 is 21.8 Å². The molecule has 1 N–H and O–H groups in total. The molecule has 0 aromatic heterocycles. The number of nitrogens with one attached hydrogen (secondary N) is 1. The van der Waals surface area contributed by atoms with Crippen LogP contribution in [0.2, 0.25) is 0 Å². The first-order chi connectivity index (χ1) is 15.4. The number of amides is 2. The molecule has 2 aromatic rings. The van der Waals surface area contributed by atoms with Crippen LogP contribution in [0.5, 0.6) is 0 Å². The smallest absolute Gasteiger partial charge is 0.243 e. The normalized spacial score (nSPS) is 19.8. The minimum Gasteiger partial charge on any atom is -0.352 e. The molecular weight excluding hydrogens is 426 g/mol. The number of benzene rings is 2. The molecule has 1 atom stereocenters. The number of nitrogens with zero attached hydrogens (tertiary/aromatic N) is 2. The van der Waals surface area contributed by atoms with Gasteiger partial charge in [-0.05, 0) is 42.5 Å². The Balaban J connectivity index is 1.38. The molecule has 7 nitrogen and oxygen atoms in total. The number of hydrogen-bond donors (Lipinski definition) is 1. The minimum absolute atomic E-state index is 0.134. The van der Waals surface area contributed by atoms with Crippen LogP contribution in [0.4, 0.5) is 0 Å². The molecule has 2 aromatic carbocycles. The molecule has 0 aliphatic carbocycles. The van der Waals surface area contributed by atoms with Gasteiger partial charge in [0.05, 0.1) is 10.8 Å². The molecule has 2 aliphatic heterocycles. The fourth-order valence-corrected chi connectivity index (χ4v) is 5.95. The number of carbonyl (C=O) groups excluding carboxylic acids is 2. The van der Waals surface area contributed by atoms with E-state index >= 15 is 0 Å². The highest BCUT2D eigenvalue weighted by Gasteiger charge is 2.33. The van der Waals surface area contributed by atoms with Gasteiger partial charge in [-0.25, -0.2) is 8.42 Å². The quantitative estimate of drug-likeness (QED) is 0.695. The summed E-state index contributed by atoms with van der Waals surface area (Å²) in [7, 11) is -3.61. The Morgan fingerprint density at radius 1 is 0.969 bits per heavy atom. The molecule has 0 spiro atoms. The molecule has 0 bridgehead atoms. The van der Waals surface area contributed by atoms with Crippen molar-refractivity contribution in [3.63, 3.8) is 0 Å². The van der Waals surface area contributed by atoms with Gasteiger partial charge in [0.15, 0.2) is 0 Å². The summed E-state index contributed by atoms with van der Waals surface area (Å²) >= 11 is 0. The number of rotatable bonds is 7. The summed E-state index contributed by atoms with van der Waals surface area (Å²) in [5.74, 6) is -0.342. The van der Waals surface area contributed by atoms with Crippen LogP contribution in [0.3, 0.4) is 0 Å². The molecule has 32 heavy (non-hydrogen) atoms. The number of likely N-dealkylation sites (tertiary alicyclic amines) is 1. The standard InChI is InChI=1S/C24H29N3O4S/c28-23-13-7-14-26(23)17-20-9-5-4-8-19(20)16-25-24(29)21-10-6-15-27(18-21)32(30,31)22-11-2-1-3-12-22/h1-5,8-9,11-12,21H,6-7,10,13-18H2,(H,25,29)/t21-/m0/s1. The van der Waals surface area contributed by atoms with Crippen molar-refractivity contribution in [2.24, 2.45) is 5.92 Å². The topological polar surface area (TPSA) is 86.8 Å². The van der Waals surface area contributed by atoms with Crippen LogP contribution in [-0.4, -0.2) is 49.1 Å². The van der Waals surface area contributed by atoms with Crippen molar-refractivity contribution in [3.8, 4) is 0 Å². The van der Waals surface area contributed by atoms with Crippen molar-refractivity contribution in [3.05, 3.63) is 65.7 Å². The van der Waals surface area contributed by atoms with Crippen LogP contribution in [0.1, 0.15) is 36.8 Å². The molecule has 0 unspecified atom stereocenters. The van der Waals surface area contributed by atoms with Gasteiger partial charge in [-0.15, -0.1) is 0 Å². The van der Waals surface area contributed by atoms with Gasteiger partial charge >= 0.3 is 0 Å². The average molecular weight is 456 g/mol. The van der Waals surface area contributed by atoms with Gasteiger partial charge in [0.1, 0.15) is 0 Å². The number of hydrogen-bond acceptors (Lipinski definition) is 4. The summed E-state index contributed by atoms with van der Waals surface area (Å²) in [6.07, 6.45) is 2.80. The van der Waals surface area contributed by atoms with Crippen molar-refractivity contribution < 1.29 is 18.0 Å². The van der Waals surface area contributed by atoms with E-state index in [1.165, 1.54) is 4.31 Å². The van der Waals surface area contributed by atoms with Crippen LogP contribution in [-0.2, 0) is 32.7 Å². The first-order valence-corrected chi connectivity index (χ1v) is 12.6. The van der Waals surface area contributed by atoms with Crippen LogP contribution in [0, 0.1) is 5.92 Å². The summed E-state index contributed by atoms with van der Waals surface area (Å²) in [6, 6.07) is 16.2. The lowest BCUT2D eigenvalue weighted by Crippen LogP contribution is -2.45. The van der Waals surface area contributed by atoms with E-state index in [0.717, 1.165) is 24.1 Å². The molecule has 0 saturated carbocycles. The summed E-state index contributed by atoms with van der Waals surface area (Å²) in [4.78, 5) is 27.0. The van der Waals surface area contributed by atoms with Crippen molar-refractivity contribution in [2.45, 2.75) is 43.7 Å². The molecular formula is C24H29N3O4S. The van der Waals surface area contributed by atoms with Gasteiger partial charge < -0.3 is 10.2 Å². The third-order valence-electron chi connectivity index (χ3n) is 6.24. The lowest BCUT2D eigenvalue weighted by atomic mass is 9.98. The zero-order valence-corrected chi connectivity index (χ0v) is 18.9. The second-order valence-electron chi connectivity index (χ2n) is 8.42. The SMILES string of the molecule is O=C(NCc1ccccc1CN1CCCC1=O)[C@H]1CCCN(S(=O)(=O)c2ccccc2)C1. The van der Waals surface area contributed by atoms with E-state index in [-0.39, 0.29) is 29.2 Å². The van der Waals surface area contributed by atoms with E-state index in [0.29, 0.717) is 38.9 Å². The van der Waals surface area contributed by atoms with Gasteiger partial charge in [0, 0.05) is 39.1 Å². The van der Waals surface area contributed by atoms with Crippen LogP contribution < -0.4 is 5.32 Å².